The molecule has 0 saturated heterocycles. The van der Waals surface area contributed by atoms with Crippen molar-refractivity contribution < 1.29 is 29.1 Å². The summed E-state index contributed by atoms with van der Waals surface area (Å²) in [4.78, 5) is 70.3. The van der Waals surface area contributed by atoms with E-state index in [9.17, 15) is 29.1 Å². The molecule has 0 aromatic rings. The van der Waals surface area contributed by atoms with E-state index in [0.29, 0.717) is 31.8 Å². The number of hydrogen-bond acceptors (Lipinski definition) is 8. The molecule has 2 rings (SSSR count). The smallest absolute Gasteiger partial charge is 0.243 e. The van der Waals surface area contributed by atoms with Crippen molar-refractivity contribution in [2.75, 3.05) is 26.7 Å². The molecule has 0 heterocycles. The van der Waals surface area contributed by atoms with Crippen LogP contribution in [0.4, 0.5) is 0 Å². The fourth-order valence-corrected chi connectivity index (χ4v) is 7.14. The molecule has 0 aromatic heterocycles. The summed E-state index contributed by atoms with van der Waals surface area (Å²) < 4.78 is 0. The molecule has 7 atom stereocenters. The average molecular weight is 694 g/mol. The normalized spacial score (nSPS) is 20.1. The highest BCUT2D eigenvalue weighted by atomic mass is 16.3. The van der Waals surface area contributed by atoms with Crippen LogP contribution in [0.25, 0.3) is 0 Å². The zero-order valence-electron chi connectivity index (χ0n) is 31.2. The lowest BCUT2D eigenvalue weighted by atomic mass is 9.83. The maximum absolute atomic E-state index is 14.3. The Morgan fingerprint density at radius 1 is 0.837 bits per heavy atom. The van der Waals surface area contributed by atoms with Crippen LogP contribution in [0.2, 0.25) is 0 Å². The van der Waals surface area contributed by atoms with Crippen LogP contribution >= 0.6 is 0 Å². The molecular weight excluding hydrogens is 626 g/mol. The summed E-state index contributed by atoms with van der Waals surface area (Å²) in [6.07, 6.45) is 9.15. The highest BCUT2D eigenvalue weighted by molar-refractivity contribution is 5.94. The minimum atomic E-state index is -1.05. The van der Waals surface area contributed by atoms with Gasteiger partial charge in [0, 0.05) is 32.7 Å². The van der Waals surface area contributed by atoms with Crippen LogP contribution in [0, 0.1) is 23.7 Å². The largest absolute Gasteiger partial charge is 0.393 e. The third-order valence-corrected chi connectivity index (χ3v) is 10.7. The molecule has 0 bridgehead atoms. The van der Waals surface area contributed by atoms with Crippen molar-refractivity contribution in [1.29, 1.82) is 0 Å². The van der Waals surface area contributed by atoms with Crippen molar-refractivity contribution in [3.63, 3.8) is 0 Å². The van der Waals surface area contributed by atoms with Crippen LogP contribution in [-0.4, -0.2) is 107 Å². The lowest BCUT2D eigenvalue weighted by Crippen LogP contribution is -2.61. The number of carbonyl (C=O) groups excluding carboxylic acids is 5. The summed E-state index contributed by atoms with van der Waals surface area (Å²) in [6, 6.07) is -3.58. The van der Waals surface area contributed by atoms with Crippen LogP contribution in [0.1, 0.15) is 112 Å². The fraction of sp³-hybridized carbons (Fsp3) is 0.861. The van der Waals surface area contributed by atoms with Crippen LogP contribution < -0.4 is 27.4 Å². The third kappa shape index (κ3) is 13.1. The minimum Gasteiger partial charge on any atom is -0.393 e. The van der Waals surface area contributed by atoms with Gasteiger partial charge in [-0.05, 0) is 70.1 Å². The summed E-state index contributed by atoms with van der Waals surface area (Å²) >= 11 is 0. The Bertz CT molecular complexity index is 1080. The van der Waals surface area contributed by atoms with E-state index in [1.807, 2.05) is 27.7 Å². The van der Waals surface area contributed by atoms with Crippen LogP contribution in [0.15, 0.2) is 0 Å². The number of rotatable bonds is 20. The lowest BCUT2D eigenvalue weighted by molar-refractivity contribution is -0.144. The molecular formula is C36H67N7O6. The van der Waals surface area contributed by atoms with Crippen molar-refractivity contribution in [3.8, 4) is 0 Å². The molecule has 2 aliphatic rings. The Balaban J connectivity index is 2.32. The van der Waals surface area contributed by atoms with Gasteiger partial charge >= 0.3 is 0 Å². The van der Waals surface area contributed by atoms with Gasteiger partial charge in [0.15, 0.2) is 0 Å². The maximum Gasteiger partial charge on any atom is 0.243 e. The first-order chi connectivity index (χ1) is 23.1. The van der Waals surface area contributed by atoms with Crippen LogP contribution in [0.3, 0.4) is 0 Å². The second kappa shape index (κ2) is 20.8. The molecule has 0 aromatic carbocycles. The first kappa shape index (κ1) is 42.4. The number of amides is 5. The summed E-state index contributed by atoms with van der Waals surface area (Å²) in [7, 11) is 1.65. The second-order valence-electron chi connectivity index (χ2n) is 15.1. The van der Waals surface area contributed by atoms with Gasteiger partial charge in [-0.3, -0.25) is 28.9 Å². The third-order valence-electron chi connectivity index (χ3n) is 10.7. The van der Waals surface area contributed by atoms with Gasteiger partial charge in [-0.15, -0.1) is 0 Å². The Morgan fingerprint density at radius 3 is 1.94 bits per heavy atom. The van der Waals surface area contributed by atoms with Gasteiger partial charge in [0.1, 0.15) is 18.1 Å². The summed E-state index contributed by atoms with van der Waals surface area (Å²) in [5, 5.41) is 18.7. The summed E-state index contributed by atoms with van der Waals surface area (Å²) in [6.45, 7) is 12.1. The van der Waals surface area contributed by atoms with E-state index in [1.165, 1.54) is 4.90 Å². The van der Waals surface area contributed by atoms with Crippen molar-refractivity contribution in [3.05, 3.63) is 0 Å². The molecule has 49 heavy (non-hydrogen) atoms. The number of likely N-dealkylation sites (N-methyl/N-ethyl adjacent to an activating group) is 1. The summed E-state index contributed by atoms with van der Waals surface area (Å²) in [5.41, 5.74) is 11.1. The van der Waals surface area contributed by atoms with Gasteiger partial charge in [-0.1, -0.05) is 59.8 Å². The van der Waals surface area contributed by atoms with E-state index in [4.69, 9.17) is 11.5 Å². The van der Waals surface area contributed by atoms with E-state index >= 15 is 0 Å². The number of aliphatic hydroxyl groups excluding tert-OH is 1. The van der Waals surface area contributed by atoms with Gasteiger partial charge < -0.3 is 37.4 Å². The standard InChI is InChI=1S/C36H67N7O6/c1-8-28(39-33(46)23(4)25(6)44)21-43(20-26-14-12-13-15-26)24(5)36(49)42(7)30(18-22(2)3)34(47)41-31(27-16-10-9-11-17-27)35(48)40-29(19-37)32(38)45/h22-31,44H,8-21,37H2,1-7H3,(H2,38,45)(H,39,46)(H,40,48)(H,41,47)/t23-,24-,25-,28+,29-,30-,31-/m0/s1. The number of aliphatic hydroxyl groups is 1. The molecule has 13 nitrogen and oxygen atoms in total. The SMILES string of the molecule is CC[C@H](CN(CC1CCCC1)[C@@H](C)C(=O)N(C)[C@@H](CC(C)C)C(=O)N[C@H](C(=O)N[C@@H](CN)C(N)=O)C1CCCCC1)NC(=O)[C@@H](C)[C@H](C)O. The van der Waals surface area contributed by atoms with Crippen molar-refractivity contribution in [2.24, 2.45) is 35.1 Å². The van der Waals surface area contributed by atoms with Gasteiger partial charge in [-0.25, -0.2) is 0 Å². The van der Waals surface area contributed by atoms with Crippen molar-refractivity contribution >= 4 is 29.5 Å². The summed E-state index contributed by atoms with van der Waals surface area (Å²) in [5.74, 6) is -2.27. The predicted molar refractivity (Wildman–Crippen MR) is 191 cm³/mol. The van der Waals surface area contributed by atoms with Crippen molar-refractivity contribution in [2.45, 2.75) is 148 Å². The van der Waals surface area contributed by atoms with Gasteiger partial charge in [0.25, 0.3) is 0 Å². The van der Waals surface area contributed by atoms with E-state index < -0.39 is 53.9 Å². The molecule has 2 fully saturated rings. The average Bonchev–Trinajstić information content (AvgIpc) is 3.59. The molecule has 13 heteroatoms. The molecule has 0 spiro atoms. The molecule has 0 unspecified atom stereocenters. The van der Waals surface area contributed by atoms with E-state index in [1.54, 1.807) is 20.9 Å². The quantitative estimate of drug-likeness (QED) is 0.111. The highest BCUT2D eigenvalue weighted by Gasteiger charge is 2.38. The zero-order valence-corrected chi connectivity index (χ0v) is 31.2. The Morgan fingerprint density at radius 2 is 1.43 bits per heavy atom. The number of nitrogens with zero attached hydrogens (tertiary/aromatic N) is 2. The van der Waals surface area contributed by atoms with Gasteiger partial charge in [-0.2, -0.15) is 0 Å². The first-order valence-corrected chi connectivity index (χ1v) is 18.7. The molecule has 282 valence electrons. The topological polar surface area (TPSA) is 200 Å². The monoisotopic (exact) mass is 694 g/mol. The number of hydrogen-bond donors (Lipinski definition) is 6. The number of nitrogens with one attached hydrogen (secondary N) is 3. The van der Waals surface area contributed by atoms with E-state index in [2.05, 4.69) is 20.9 Å². The van der Waals surface area contributed by atoms with Crippen LogP contribution in [-0.2, 0) is 24.0 Å². The number of nitrogens with two attached hydrogens (primary N) is 2. The molecule has 2 saturated carbocycles. The second-order valence-corrected chi connectivity index (χ2v) is 15.1. The van der Waals surface area contributed by atoms with Crippen molar-refractivity contribution in [1.82, 2.24) is 25.8 Å². The number of carbonyl (C=O) groups is 5. The fourth-order valence-electron chi connectivity index (χ4n) is 7.14. The Kier molecular flexibility index (Phi) is 18.0. The van der Waals surface area contributed by atoms with Gasteiger partial charge in [0.05, 0.1) is 18.1 Å². The molecule has 8 N–H and O–H groups in total. The minimum absolute atomic E-state index is 0.0740. The zero-order chi connectivity index (χ0) is 36.8. The molecule has 5 amide bonds. The van der Waals surface area contributed by atoms with E-state index in [0.717, 1.165) is 57.8 Å². The van der Waals surface area contributed by atoms with Gasteiger partial charge in [0.2, 0.25) is 29.5 Å². The maximum atomic E-state index is 14.3. The Hall–Kier alpha value is -2.77. The van der Waals surface area contributed by atoms with Crippen LogP contribution in [0.5, 0.6) is 0 Å². The Labute approximate surface area is 294 Å². The molecule has 2 aliphatic carbocycles. The molecule has 0 radical (unpaired) electrons. The first-order valence-electron chi connectivity index (χ1n) is 18.7. The lowest BCUT2D eigenvalue weighted by Gasteiger charge is -2.38. The van der Waals surface area contributed by atoms with E-state index in [-0.39, 0.29) is 36.2 Å². The highest BCUT2D eigenvalue weighted by Crippen LogP contribution is 2.28. The predicted octanol–water partition coefficient (Wildman–Crippen LogP) is 1.65. The number of primary amides is 1. The molecule has 0 aliphatic heterocycles.